The summed E-state index contributed by atoms with van der Waals surface area (Å²) >= 11 is 0. The number of hydrogen-bond donors (Lipinski definition) is 0. The van der Waals surface area contributed by atoms with Gasteiger partial charge in [0.2, 0.25) is 0 Å². The Balaban J connectivity index is 3.50. The van der Waals surface area contributed by atoms with Gasteiger partial charge in [0.15, 0.2) is 6.17 Å². The van der Waals surface area contributed by atoms with Crippen LogP contribution in [0.2, 0.25) is 0 Å². The highest BCUT2D eigenvalue weighted by atomic mass is 19.3. The van der Waals surface area contributed by atoms with E-state index in [0.29, 0.717) is 6.42 Å². The lowest BCUT2D eigenvalue weighted by atomic mass is 10.3. The summed E-state index contributed by atoms with van der Waals surface area (Å²) in [5, 5.41) is 0. The fourth-order valence-electron chi connectivity index (χ4n) is 0.638. The zero-order valence-electron chi connectivity index (χ0n) is 7.43. The summed E-state index contributed by atoms with van der Waals surface area (Å²) in [6, 6.07) is 0. The number of hydrogen-bond acceptors (Lipinski definition) is 2. The van der Waals surface area contributed by atoms with Gasteiger partial charge in [0, 0.05) is 0 Å². The lowest BCUT2D eigenvalue weighted by Crippen LogP contribution is -2.19. The average molecular weight is 198 g/mol. The Kier molecular flexibility index (Phi) is 6.36. The molecule has 2 nitrogen and oxygen atoms in total. The number of ether oxygens (including phenoxy) is 1. The molecule has 0 aromatic carbocycles. The van der Waals surface area contributed by atoms with E-state index >= 15 is 0 Å². The van der Waals surface area contributed by atoms with E-state index in [0.717, 1.165) is 6.42 Å². The molecule has 0 fully saturated rings. The summed E-state index contributed by atoms with van der Waals surface area (Å²) in [7, 11) is 0. The molecular weight excluding hydrogens is 185 g/mol. The number of esters is 1. The average Bonchev–Trinajstić information content (AvgIpc) is 2.04. The summed E-state index contributed by atoms with van der Waals surface area (Å²) in [5.74, 6) is -0.902. The molecule has 0 saturated heterocycles. The Morgan fingerprint density at radius 2 is 2.00 bits per heavy atom. The van der Waals surface area contributed by atoms with Crippen molar-refractivity contribution in [2.24, 2.45) is 0 Å². The second-order valence-electron chi connectivity index (χ2n) is 2.63. The van der Waals surface area contributed by atoms with Crippen molar-refractivity contribution in [3.8, 4) is 0 Å². The van der Waals surface area contributed by atoms with E-state index < -0.39 is 25.0 Å². The molecule has 0 amide bonds. The third kappa shape index (κ3) is 6.42. The first-order valence-corrected chi connectivity index (χ1v) is 4.15. The second kappa shape index (κ2) is 6.74. The number of alkyl halides is 3. The third-order valence-corrected chi connectivity index (χ3v) is 1.40. The van der Waals surface area contributed by atoms with Gasteiger partial charge >= 0.3 is 5.97 Å². The molecule has 13 heavy (non-hydrogen) atoms. The molecular formula is C8H13F3O2. The van der Waals surface area contributed by atoms with Crippen LogP contribution in [0.1, 0.15) is 26.2 Å². The van der Waals surface area contributed by atoms with Gasteiger partial charge in [0.1, 0.15) is 0 Å². The van der Waals surface area contributed by atoms with E-state index in [4.69, 9.17) is 0 Å². The van der Waals surface area contributed by atoms with Gasteiger partial charge in [-0.15, -0.1) is 0 Å². The number of halogens is 3. The molecule has 0 aromatic rings. The molecule has 0 spiro atoms. The van der Waals surface area contributed by atoms with Gasteiger partial charge in [-0.25, -0.2) is 13.2 Å². The SMILES string of the molecule is CCCCOC(=O)CC(F)C(F)F. The van der Waals surface area contributed by atoms with E-state index in [1.54, 1.807) is 0 Å². The zero-order chi connectivity index (χ0) is 10.3. The summed E-state index contributed by atoms with van der Waals surface area (Å²) < 4.78 is 39.9. The van der Waals surface area contributed by atoms with Crippen LogP contribution in [-0.4, -0.2) is 25.2 Å². The Labute approximate surface area is 75.1 Å². The molecule has 0 radical (unpaired) electrons. The van der Waals surface area contributed by atoms with Crippen molar-refractivity contribution in [2.75, 3.05) is 6.61 Å². The molecule has 0 heterocycles. The van der Waals surface area contributed by atoms with Crippen LogP contribution in [0.5, 0.6) is 0 Å². The van der Waals surface area contributed by atoms with Gasteiger partial charge in [-0.05, 0) is 6.42 Å². The molecule has 78 valence electrons. The smallest absolute Gasteiger partial charge is 0.308 e. The zero-order valence-corrected chi connectivity index (χ0v) is 7.43. The Bertz CT molecular complexity index is 150. The number of carbonyl (C=O) groups excluding carboxylic acids is 1. The molecule has 0 rings (SSSR count). The molecule has 0 aliphatic carbocycles. The monoisotopic (exact) mass is 198 g/mol. The molecule has 0 bridgehead atoms. The van der Waals surface area contributed by atoms with Crippen LogP contribution in [0.4, 0.5) is 13.2 Å². The molecule has 0 aromatic heterocycles. The first-order chi connectivity index (χ1) is 6.07. The van der Waals surface area contributed by atoms with Crippen LogP contribution in [0.15, 0.2) is 0 Å². The quantitative estimate of drug-likeness (QED) is 0.483. The van der Waals surface area contributed by atoms with Crippen molar-refractivity contribution in [1.29, 1.82) is 0 Å². The minimum atomic E-state index is -3.11. The largest absolute Gasteiger partial charge is 0.466 e. The van der Waals surface area contributed by atoms with E-state index in [1.807, 2.05) is 6.92 Å². The van der Waals surface area contributed by atoms with Crippen molar-refractivity contribution < 1.29 is 22.7 Å². The van der Waals surface area contributed by atoms with Crippen LogP contribution >= 0.6 is 0 Å². The van der Waals surface area contributed by atoms with Crippen molar-refractivity contribution in [3.63, 3.8) is 0 Å². The Morgan fingerprint density at radius 1 is 1.38 bits per heavy atom. The predicted octanol–water partition coefficient (Wildman–Crippen LogP) is 2.32. The number of rotatable bonds is 6. The molecule has 5 heteroatoms. The first-order valence-electron chi connectivity index (χ1n) is 4.15. The standard InChI is InChI=1S/C8H13F3O2/c1-2-3-4-13-7(12)5-6(9)8(10)11/h6,8H,2-5H2,1H3. The molecule has 0 aliphatic rings. The van der Waals surface area contributed by atoms with E-state index in [-0.39, 0.29) is 6.61 Å². The van der Waals surface area contributed by atoms with Crippen LogP contribution in [0, 0.1) is 0 Å². The van der Waals surface area contributed by atoms with Crippen molar-refractivity contribution in [2.45, 2.75) is 38.8 Å². The maximum absolute atomic E-state index is 12.2. The van der Waals surface area contributed by atoms with Crippen LogP contribution in [-0.2, 0) is 9.53 Å². The number of unbranched alkanes of at least 4 members (excludes halogenated alkanes) is 1. The number of carbonyl (C=O) groups is 1. The summed E-state index contributed by atoms with van der Waals surface area (Å²) in [4.78, 5) is 10.6. The Hall–Kier alpha value is -0.740. The molecule has 0 N–H and O–H groups in total. The van der Waals surface area contributed by atoms with Crippen molar-refractivity contribution in [1.82, 2.24) is 0 Å². The normalized spacial score (nSPS) is 13.0. The lowest BCUT2D eigenvalue weighted by Gasteiger charge is -2.06. The highest BCUT2D eigenvalue weighted by Crippen LogP contribution is 2.10. The molecule has 0 saturated carbocycles. The van der Waals surface area contributed by atoms with E-state index in [9.17, 15) is 18.0 Å². The highest BCUT2D eigenvalue weighted by Gasteiger charge is 2.23. The first kappa shape index (κ1) is 12.3. The van der Waals surface area contributed by atoms with E-state index in [2.05, 4.69) is 4.74 Å². The second-order valence-corrected chi connectivity index (χ2v) is 2.63. The van der Waals surface area contributed by atoms with Gasteiger partial charge in [-0.3, -0.25) is 4.79 Å². The van der Waals surface area contributed by atoms with Crippen LogP contribution in [0.25, 0.3) is 0 Å². The highest BCUT2D eigenvalue weighted by molar-refractivity contribution is 5.69. The fourth-order valence-corrected chi connectivity index (χ4v) is 0.638. The van der Waals surface area contributed by atoms with Crippen LogP contribution in [0.3, 0.4) is 0 Å². The topological polar surface area (TPSA) is 26.3 Å². The van der Waals surface area contributed by atoms with Gasteiger partial charge in [0.25, 0.3) is 6.43 Å². The summed E-state index contributed by atoms with van der Waals surface area (Å²) in [5.41, 5.74) is 0. The summed E-state index contributed by atoms with van der Waals surface area (Å²) in [6.45, 7) is 2.07. The Morgan fingerprint density at radius 3 is 2.46 bits per heavy atom. The minimum Gasteiger partial charge on any atom is -0.466 e. The predicted molar refractivity (Wildman–Crippen MR) is 41.4 cm³/mol. The maximum Gasteiger partial charge on any atom is 0.308 e. The third-order valence-electron chi connectivity index (χ3n) is 1.40. The molecule has 0 aliphatic heterocycles. The van der Waals surface area contributed by atoms with Gasteiger partial charge in [-0.1, -0.05) is 13.3 Å². The van der Waals surface area contributed by atoms with Crippen molar-refractivity contribution in [3.05, 3.63) is 0 Å². The molecule has 1 atom stereocenters. The maximum atomic E-state index is 12.2. The molecule has 1 unspecified atom stereocenters. The van der Waals surface area contributed by atoms with E-state index in [1.165, 1.54) is 0 Å². The van der Waals surface area contributed by atoms with Gasteiger partial charge in [0.05, 0.1) is 13.0 Å². The summed E-state index contributed by atoms with van der Waals surface area (Å²) in [6.07, 6.45) is -4.88. The van der Waals surface area contributed by atoms with Gasteiger partial charge < -0.3 is 4.74 Å². The van der Waals surface area contributed by atoms with Gasteiger partial charge in [-0.2, -0.15) is 0 Å². The lowest BCUT2D eigenvalue weighted by molar-refractivity contribution is -0.146. The van der Waals surface area contributed by atoms with Crippen LogP contribution < -0.4 is 0 Å². The van der Waals surface area contributed by atoms with Crippen molar-refractivity contribution >= 4 is 5.97 Å². The minimum absolute atomic E-state index is 0.172. The fraction of sp³-hybridized carbons (Fsp3) is 0.875.